The van der Waals surface area contributed by atoms with Crippen molar-refractivity contribution in [3.63, 3.8) is 0 Å². The topological polar surface area (TPSA) is 69.4 Å². The number of benzene rings is 1. The van der Waals surface area contributed by atoms with Crippen molar-refractivity contribution in [1.29, 1.82) is 0 Å². The van der Waals surface area contributed by atoms with E-state index in [0.717, 1.165) is 6.42 Å². The van der Waals surface area contributed by atoms with E-state index in [0.29, 0.717) is 17.7 Å². The van der Waals surface area contributed by atoms with Crippen LogP contribution >= 0.6 is 0 Å². The molecule has 0 aliphatic carbocycles. The van der Waals surface area contributed by atoms with Gasteiger partial charge in [0.25, 0.3) is 5.69 Å². The SMILES string of the molecule is CCCOC(=O)c1ccc([N+](=O)[O-])c(C)c1. The number of ether oxygens (including phenoxy) is 1. The molecule has 5 heteroatoms. The quantitative estimate of drug-likeness (QED) is 0.446. The maximum atomic E-state index is 11.4. The van der Waals surface area contributed by atoms with Crippen LogP contribution in [0.4, 0.5) is 5.69 Å². The second-order valence-corrected chi connectivity index (χ2v) is 3.39. The molecule has 0 aliphatic heterocycles. The largest absolute Gasteiger partial charge is 0.462 e. The summed E-state index contributed by atoms with van der Waals surface area (Å²) in [5.74, 6) is -0.445. The molecule has 1 aromatic rings. The van der Waals surface area contributed by atoms with Crippen LogP contribution in [0.3, 0.4) is 0 Å². The van der Waals surface area contributed by atoms with Crippen molar-refractivity contribution in [2.45, 2.75) is 20.3 Å². The smallest absolute Gasteiger partial charge is 0.338 e. The highest BCUT2D eigenvalue weighted by atomic mass is 16.6. The zero-order valence-electron chi connectivity index (χ0n) is 9.23. The molecule has 0 aromatic heterocycles. The van der Waals surface area contributed by atoms with Gasteiger partial charge in [0.2, 0.25) is 0 Å². The fourth-order valence-corrected chi connectivity index (χ4v) is 1.27. The Morgan fingerprint density at radius 3 is 2.69 bits per heavy atom. The van der Waals surface area contributed by atoms with Crippen LogP contribution in [0.25, 0.3) is 0 Å². The van der Waals surface area contributed by atoms with E-state index in [-0.39, 0.29) is 5.69 Å². The lowest BCUT2D eigenvalue weighted by Crippen LogP contribution is -2.06. The summed E-state index contributed by atoms with van der Waals surface area (Å²) in [6.45, 7) is 3.85. The summed E-state index contributed by atoms with van der Waals surface area (Å²) in [6, 6.07) is 4.19. The minimum atomic E-state index is -0.476. The van der Waals surface area contributed by atoms with Gasteiger partial charge < -0.3 is 4.74 Å². The van der Waals surface area contributed by atoms with Crippen molar-refractivity contribution in [1.82, 2.24) is 0 Å². The maximum Gasteiger partial charge on any atom is 0.338 e. The third-order valence-electron chi connectivity index (χ3n) is 2.07. The van der Waals surface area contributed by atoms with Gasteiger partial charge in [-0.15, -0.1) is 0 Å². The number of hydrogen-bond donors (Lipinski definition) is 0. The molecule has 0 fully saturated rings. The molecule has 86 valence electrons. The Morgan fingerprint density at radius 2 is 2.19 bits per heavy atom. The summed E-state index contributed by atoms with van der Waals surface area (Å²) >= 11 is 0. The number of nitro groups is 1. The number of esters is 1. The molecule has 0 unspecified atom stereocenters. The Bertz CT molecular complexity index is 414. The average molecular weight is 223 g/mol. The number of carbonyl (C=O) groups excluding carboxylic acids is 1. The lowest BCUT2D eigenvalue weighted by Gasteiger charge is -2.04. The minimum absolute atomic E-state index is 0.00652. The standard InChI is InChI=1S/C11H13NO4/c1-3-6-16-11(13)9-4-5-10(12(14)15)8(2)7-9/h4-5,7H,3,6H2,1-2H3. The first-order chi connectivity index (χ1) is 7.56. The lowest BCUT2D eigenvalue weighted by atomic mass is 10.1. The van der Waals surface area contributed by atoms with Crippen LogP contribution < -0.4 is 0 Å². The lowest BCUT2D eigenvalue weighted by molar-refractivity contribution is -0.385. The van der Waals surface area contributed by atoms with Crippen LogP contribution in [0.2, 0.25) is 0 Å². The number of hydrogen-bond acceptors (Lipinski definition) is 4. The van der Waals surface area contributed by atoms with Crippen LogP contribution in [0.5, 0.6) is 0 Å². The van der Waals surface area contributed by atoms with E-state index in [4.69, 9.17) is 4.74 Å². The van der Waals surface area contributed by atoms with E-state index in [9.17, 15) is 14.9 Å². The molecule has 0 spiro atoms. The van der Waals surface area contributed by atoms with Crippen molar-refractivity contribution in [3.8, 4) is 0 Å². The summed E-state index contributed by atoms with van der Waals surface area (Å²) in [5.41, 5.74) is 0.805. The van der Waals surface area contributed by atoms with Crippen LogP contribution in [-0.4, -0.2) is 17.5 Å². The number of nitrogens with zero attached hydrogens (tertiary/aromatic N) is 1. The highest BCUT2D eigenvalue weighted by molar-refractivity contribution is 5.90. The Morgan fingerprint density at radius 1 is 1.50 bits per heavy atom. The summed E-state index contributed by atoms with van der Waals surface area (Å²) in [6.07, 6.45) is 0.748. The van der Waals surface area contributed by atoms with Gasteiger partial charge in [0.05, 0.1) is 17.1 Å². The zero-order valence-corrected chi connectivity index (χ0v) is 9.23. The first kappa shape index (κ1) is 12.2. The third-order valence-corrected chi connectivity index (χ3v) is 2.07. The highest BCUT2D eigenvalue weighted by Gasteiger charge is 2.14. The van der Waals surface area contributed by atoms with Gasteiger partial charge in [-0.05, 0) is 25.5 Å². The molecule has 1 rings (SSSR count). The van der Waals surface area contributed by atoms with Gasteiger partial charge in [-0.3, -0.25) is 10.1 Å². The van der Waals surface area contributed by atoms with Crippen LogP contribution in [0.15, 0.2) is 18.2 Å². The number of rotatable bonds is 4. The zero-order chi connectivity index (χ0) is 12.1. The molecule has 0 bridgehead atoms. The monoisotopic (exact) mass is 223 g/mol. The minimum Gasteiger partial charge on any atom is -0.462 e. The summed E-state index contributed by atoms with van der Waals surface area (Å²) in [5, 5.41) is 10.6. The molecular formula is C11H13NO4. The van der Waals surface area contributed by atoms with E-state index < -0.39 is 10.9 Å². The van der Waals surface area contributed by atoms with E-state index in [1.54, 1.807) is 6.92 Å². The van der Waals surface area contributed by atoms with Gasteiger partial charge in [-0.2, -0.15) is 0 Å². The molecule has 0 amide bonds. The fourth-order valence-electron chi connectivity index (χ4n) is 1.27. The molecular weight excluding hydrogens is 210 g/mol. The van der Waals surface area contributed by atoms with Crippen LogP contribution in [0, 0.1) is 17.0 Å². The summed E-state index contributed by atoms with van der Waals surface area (Å²) < 4.78 is 4.92. The van der Waals surface area contributed by atoms with Crippen LogP contribution in [0.1, 0.15) is 29.3 Å². The predicted molar refractivity (Wildman–Crippen MR) is 58.4 cm³/mol. The second-order valence-electron chi connectivity index (χ2n) is 3.39. The number of nitro benzene ring substituents is 1. The van der Waals surface area contributed by atoms with Gasteiger partial charge in [0.15, 0.2) is 0 Å². The predicted octanol–water partition coefficient (Wildman–Crippen LogP) is 2.47. The first-order valence-corrected chi connectivity index (χ1v) is 4.98. The highest BCUT2D eigenvalue weighted by Crippen LogP contribution is 2.19. The second kappa shape index (κ2) is 5.25. The van der Waals surface area contributed by atoms with E-state index >= 15 is 0 Å². The van der Waals surface area contributed by atoms with Crippen molar-refractivity contribution in [2.75, 3.05) is 6.61 Å². The van der Waals surface area contributed by atoms with Gasteiger partial charge >= 0.3 is 5.97 Å². The van der Waals surface area contributed by atoms with Crippen molar-refractivity contribution < 1.29 is 14.5 Å². The average Bonchev–Trinajstić information content (AvgIpc) is 2.25. The van der Waals surface area contributed by atoms with Gasteiger partial charge in [-0.25, -0.2) is 4.79 Å². The Kier molecular flexibility index (Phi) is 3.99. The Labute approximate surface area is 93.2 Å². The van der Waals surface area contributed by atoms with E-state index in [1.165, 1.54) is 18.2 Å². The number of aryl methyl sites for hydroxylation is 1. The maximum absolute atomic E-state index is 11.4. The molecule has 0 saturated carbocycles. The molecule has 0 atom stereocenters. The molecule has 0 aliphatic rings. The van der Waals surface area contributed by atoms with Crippen molar-refractivity contribution >= 4 is 11.7 Å². The molecule has 16 heavy (non-hydrogen) atoms. The molecule has 0 heterocycles. The summed E-state index contributed by atoms with van der Waals surface area (Å²) in [4.78, 5) is 21.5. The molecule has 1 aromatic carbocycles. The fraction of sp³-hybridized carbons (Fsp3) is 0.364. The third kappa shape index (κ3) is 2.79. The van der Waals surface area contributed by atoms with Gasteiger partial charge in [-0.1, -0.05) is 6.92 Å². The molecule has 0 saturated heterocycles. The molecule has 0 N–H and O–H groups in total. The van der Waals surface area contributed by atoms with Gasteiger partial charge in [0, 0.05) is 11.6 Å². The van der Waals surface area contributed by atoms with E-state index in [1.807, 2.05) is 6.92 Å². The van der Waals surface area contributed by atoms with Crippen molar-refractivity contribution in [3.05, 3.63) is 39.4 Å². The summed E-state index contributed by atoms with van der Waals surface area (Å²) in [7, 11) is 0. The normalized spacial score (nSPS) is 9.88. The Hall–Kier alpha value is -1.91. The number of carbonyl (C=O) groups is 1. The van der Waals surface area contributed by atoms with Crippen LogP contribution in [-0.2, 0) is 4.74 Å². The molecule has 0 radical (unpaired) electrons. The Balaban J connectivity index is 2.88. The van der Waals surface area contributed by atoms with Crippen molar-refractivity contribution in [2.24, 2.45) is 0 Å². The van der Waals surface area contributed by atoms with Gasteiger partial charge in [0.1, 0.15) is 0 Å². The molecule has 5 nitrogen and oxygen atoms in total. The van der Waals surface area contributed by atoms with E-state index in [2.05, 4.69) is 0 Å². The first-order valence-electron chi connectivity index (χ1n) is 4.98.